The van der Waals surface area contributed by atoms with Crippen LogP contribution in [0, 0.1) is 5.82 Å². The Kier molecular flexibility index (Phi) is 5.38. The predicted octanol–water partition coefficient (Wildman–Crippen LogP) is 2.47. The van der Waals surface area contributed by atoms with Gasteiger partial charge in [0.2, 0.25) is 0 Å². The number of benzene rings is 1. The molecule has 20 heavy (non-hydrogen) atoms. The van der Waals surface area contributed by atoms with Crippen LogP contribution in [0.4, 0.5) is 10.1 Å². The summed E-state index contributed by atoms with van der Waals surface area (Å²) in [5.41, 5.74) is 1.90. The first-order valence-electron chi connectivity index (χ1n) is 7.55. The first kappa shape index (κ1) is 15.3. The third-order valence-corrected chi connectivity index (χ3v) is 4.12. The molecule has 0 bridgehead atoms. The van der Waals surface area contributed by atoms with Crippen molar-refractivity contribution >= 4 is 5.69 Å². The molecule has 0 aliphatic carbocycles. The number of halogens is 1. The van der Waals surface area contributed by atoms with Gasteiger partial charge in [0.25, 0.3) is 0 Å². The SMILES string of the molecule is CCC(C)NCc1ccc(F)c(N2CCN(C)CC2)c1. The molecule has 1 N–H and O–H groups in total. The van der Waals surface area contributed by atoms with Gasteiger partial charge in [0.15, 0.2) is 0 Å². The minimum atomic E-state index is -0.109. The lowest BCUT2D eigenvalue weighted by Gasteiger charge is -2.34. The topological polar surface area (TPSA) is 18.5 Å². The van der Waals surface area contributed by atoms with Crippen LogP contribution in [0.25, 0.3) is 0 Å². The highest BCUT2D eigenvalue weighted by Crippen LogP contribution is 2.22. The number of hydrogen-bond acceptors (Lipinski definition) is 3. The number of piperazine rings is 1. The zero-order valence-electron chi connectivity index (χ0n) is 12.8. The number of rotatable bonds is 5. The van der Waals surface area contributed by atoms with Crippen LogP contribution in [0.15, 0.2) is 18.2 Å². The molecule has 1 aromatic carbocycles. The van der Waals surface area contributed by atoms with E-state index in [1.54, 1.807) is 6.07 Å². The molecule has 1 heterocycles. The zero-order valence-corrected chi connectivity index (χ0v) is 12.8. The maximum absolute atomic E-state index is 14.0. The van der Waals surface area contributed by atoms with Crippen LogP contribution in [0.2, 0.25) is 0 Å². The van der Waals surface area contributed by atoms with Crippen LogP contribution in [-0.4, -0.2) is 44.2 Å². The molecule has 1 aromatic rings. The van der Waals surface area contributed by atoms with Crippen LogP contribution in [0.5, 0.6) is 0 Å². The highest BCUT2D eigenvalue weighted by molar-refractivity contribution is 5.50. The molecule has 0 saturated carbocycles. The maximum Gasteiger partial charge on any atom is 0.146 e. The van der Waals surface area contributed by atoms with E-state index in [4.69, 9.17) is 0 Å². The Morgan fingerprint density at radius 2 is 1.95 bits per heavy atom. The highest BCUT2D eigenvalue weighted by atomic mass is 19.1. The summed E-state index contributed by atoms with van der Waals surface area (Å²) in [5, 5.41) is 3.46. The van der Waals surface area contributed by atoms with Crippen molar-refractivity contribution in [3.8, 4) is 0 Å². The molecule has 0 aromatic heterocycles. The number of hydrogen-bond donors (Lipinski definition) is 1. The van der Waals surface area contributed by atoms with E-state index in [2.05, 4.69) is 36.0 Å². The molecular weight excluding hydrogens is 253 g/mol. The van der Waals surface area contributed by atoms with Crippen molar-refractivity contribution in [1.29, 1.82) is 0 Å². The Bertz CT molecular complexity index is 428. The highest BCUT2D eigenvalue weighted by Gasteiger charge is 2.17. The average Bonchev–Trinajstić information content (AvgIpc) is 2.47. The van der Waals surface area contributed by atoms with E-state index in [1.807, 2.05) is 12.1 Å². The van der Waals surface area contributed by atoms with E-state index in [1.165, 1.54) is 0 Å². The van der Waals surface area contributed by atoms with Gasteiger partial charge in [0.1, 0.15) is 5.82 Å². The van der Waals surface area contributed by atoms with E-state index in [0.717, 1.165) is 50.4 Å². The molecule has 3 nitrogen and oxygen atoms in total. The Balaban J connectivity index is 2.04. The summed E-state index contributed by atoms with van der Waals surface area (Å²) in [6.45, 7) is 8.92. The third-order valence-electron chi connectivity index (χ3n) is 4.12. The number of nitrogens with one attached hydrogen (secondary N) is 1. The summed E-state index contributed by atoms with van der Waals surface area (Å²) < 4.78 is 14.0. The van der Waals surface area contributed by atoms with Gasteiger partial charge < -0.3 is 15.1 Å². The number of nitrogens with zero attached hydrogens (tertiary/aromatic N) is 2. The summed E-state index contributed by atoms with van der Waals surface area (Å²) in [6.07, 6.45) is 1.10. The first-order chi connectivity index (χ1) is 9.60. The lowest BCUT2D eigenvalue weighted by atomic mass is 10.1. The van der Waals surface area contributed by atoms with Crippen molar-refractivity contribution in [2.45, 2.75) is 32.9 Å². The largest absolute Gasteiger partial charge is 0.367 e. The fourth-order valence-corrected chi connectivity index (χ4v) is 2.39. The second kappa shape index (κ2) is 7.04. The van der Waals surface area contributed by atoms with Crippen molar-refractivity contribution in [2.75, 3.05) is 38.1 Å². The van der Waals surface area contributed by atoms with Gasteiger partial charge in [-0.15, -0.1) is 0 Å². The van der Waals surface area contributed by atoms with Gasteiger partial charge in [-0.25, -0.2) is 4.39 Å². The van der Waals surface area contributed by atoms with Crippen LogP contribution >= 0.6 is 0 Å². The molecular formula is C16H26FN3. The quantitative estimate of drug-likeness (QED) is 0.893. The minimum Gasteiger partial charge on any atom is -0.367 e. The fraction of sp³-hybridized carbons (Fsp3) is 0.625. The molecule has 112 valence electrons. The van der Waals surface area contributed by atoms with Crippen molar-refractivity contribution in [1.82, 2.24) is 10.2 Å². The standard InChI is InChI=1S/C16H26FN3/c1-4-13(2)18-12-14-5-6-15(17)16(11-14)20-9-7-19(3)8-10-20/h5-6,11,13,18H,4,7-10,12H2,1-3H3. The summed E-state index contributed by atoms with van der Waals surface area (Å²) in [7, 11) is 2.11. The van der Waals surface area contributed by atoms with Crippen LogP contribution in [0.3, 0.4) is 0 Å². The summed E-state index contributed by atoms with van der Waals surface area (Å²) >= 11 is 0. The van der Waals surface area contributed by atoms with Crippen molar-refractivity contribution in [3.05, 3.63) is 29.6 Å². The van der Waals surface area contributed by atoms with Crippen LogP contribution in [0.1, 0.15) is 25.8 Å². The molecule has 1 aliphatic rings. The van der Waals surface area contributed by atoms with Gasteiger partial charge >= 0.3 is 0 Å². The molecule has 1 fully saturated rings. The molecule has 1 aliphatic heterocycles. The van der Waals surface area contributed by atoms with Gasteiger partial charge in [-0.3, -0.25) is 0 Å². The van der Waals surface area contributed by atoms with Crippen molar-refractivity contribution in [2.24, 2.45) is 0 Å². The Labute approximate surface area is 121 Å². The van der Waals surface area contributed by atoms with E-state index >= 15 is 0 Å². The van der Waals surface area contributed by atoms with Gasteiger partial charge in [0, 0.05) is 38.8 Å². The monoisotopic (exact) mass is 279 g/mol. The lowest BCUT2D eigenvalue weighted by molar-refractivity contribution is 0.311. The fourth-order valence-electron chi connectivity index (χ4n) is 2.39. The summed E-state index contributed by atoms with van der Waals surface area (Å²) in [4.78, 5) is 4.44. The molecule has 0 radical (unpaired) electrons. The summed E-state index contributed by atoms with van der Waals surface area (Å²) in [6, 6.07) is 5.97. The molecule has 1 unspecified atom stereocenters. The van der Waals surface area contributed by atoms with Crippen LogP contribution < -0.4 is 10.2 Å². The average molecular weight is 279 g/mol. The van der Waals surface area contributed by atoms with Gasteiger partial charge in [0.05, 0.1) is 5.69 Å². The third kappa shape index (κ3) is 3.93. The lowest BCUT2D eigenvalue weighted by Crippen LogP contribution is -2.44. The number of likely N-dealkylation sites (N-methyl/N-ethyl adjacent to an activating group) is 1. The minimum absolute atomic E-state index is 0.109. The first-order valence-corrected chi connectivity index (χ1v) is 7.55. The Morgan fingerprint density at radius 3 is 2.60 bits per heavy atom. The molecule has 2 rings (SSSR count). The summed E-state index contributed by atoms with van der Waals surface area (Å²) in [5.74, 6) is -0.109. The normalized spacial score (nSPS) is 18.3. The molecule has 1 atom stereocenters. The van der Waals surface area contributed by atoms with Gasteiger partial charge in [-0.05, 0) is 38.1 Å². The molecule has 0 spiro atoms. The number of anilines is 1. The van der Waals surface area contributed by atoms with E-state index in [-0.39, 0.29) is 5.82 Å². The van der Waals surface area contributed by atoms with E-state index < -0.39 is 0 Å². The van der Waals surface area contributed by atoms with Crippen LogP contribution in [-0.2, 0) is 6.54 Å². The van der Waals surface area contributed by atoms with Gasteiger partial charge in [-0.2, -0.15) is 0 Å². The molecule has 0 amide bonds. The second-order valence-electron chi connectivity index (χ2n) is 5.77. The maximum atomic E-state index is 14.0. The smallest absolute Gasteiger partial charge is 0.146 e. The second-order valence-corrected chi connectivity index (χ2v) is 5.77. The van der Waals surface area contributed by atoms with Crippen molar-refractivity contribution in [3.63, 3.8) is 0 Å². The predicted molar refractivity (Wildman–Crippen MR) is 82.7 cm³/mol. The molecule has 4 heteroatoms. The van der Waals surface area contributed by atoms with Crippen molar-refractivity contribution < 1.29 is 4.39 Å². The Hall–Kier alpha value is -1.13. The molecule has 1 saturated heterocycles. The van der Waals surface area contributed by atoms with E-state index in [0.29, 0.717) is 6.04 Å². The van der Waals surface area contributed by atoms with Gasteiger partial charge in [-0.1, -0.05) is 13.0 Å². The zero-order chi connectivity index (χ0) is 14.5. The van der Waals surface area contributed by atoms with E-state index in [9.17, 15) is 4.39 Å². The Morgan fingerprint density at radius 1 is 1.25 bits per heavy atom.